The number of benzene rings is 1. The van der Waals surface area contributed by atoms with Gasteiger partial charge in [0.05, 0.1) is 11.7 Å². The van der Waals surface area contributed by atoms with Crippen LogP contribution in [0.25, 0.3) is 0 Å². The largest absolute Gasteiger partial charge is 0.399 e. The van der Waals surface area contributed by atoms with E-state index >= 15 is 0 Å². The average Bonchev–Trinajstić information content (AvgIpc) is 2.29. The molecule has 0 aliphatic carbocycles. The van der Waals surface area contributed by atoms with Gasteiger partial charge in [0.25, 0.3) is 5.91 Å². The fraction of sp³-hybridized carbons (Fsp3) is 0.500. The van der Waals surface area contributed by atoms with E-state index in [4.69, 9.17) is 5.73 Å². The first-order valence-corrected chi connectivity index (χ1v) is 6.33. The maximum Gasteiger partial charge on any atom is 0.254 e. The summed E-state index contributed by atoms with van der Waals surface area (Å²) >= 11 is 0. The summed E-state index contributed by atoms with van der Waals surface area (Å²) in [7, 11) is 0. The van der Waals surface area contributed by atoms with E-state index in [0.717, 1.165) is 0 Å². The van der Waals surface area contributed by atoms with E-state index in [1.165, 1.54) is 12.1 Å². The van der Waals surface area contributed by atoms with Gasteiger partial charge in [0.15, 0.2) is 0 Å². The molecule has 1 atom stereocenters. The second-order valence-corrected chi connectivity index (χ2v) is 5.19. The fourth-order valence-corrected chi connectivity index (χ4v) is 1.90. The molecule has 0 saturated carbocycles. The van der Waals surface area contributed by atoms with Crippen LogP contribution in [0.2, 0.25) is 0 Å². The van der Waals surface area contributed by atoms with Gasteiger partial charge in [-0.25, -0.2) is 4.39 Å². The zero-order valence-electron chi connectivity index (χ0n) is 11.5. The summed E-state index contributed by atoms with van der Waals surface area (Å²) in [6.07, 6.45) is -0.0483. The highest BCUT2D eigenvalue weighted by molar-refractivity contribution is 5.95. The lowest BCUT2D eigenvalue weighted by atomic mass is 10.1. The zero-order valence-corrected chi connectivity index (χ0v) is 11.5. The zero-order chi connectivity index (χ0) is 14.6. The molecule has 0 bridgehead atoms. The first kappa shape index (κ1) is 15.4. The number of hydrogen-bond donors (Lipinski definition) is 3. The number of carbonyl (C=O) groups is 1. The first-order valence-electron chi connectivity index (χ1n) is 6.33. The van der Waals surface area contributed by atoms with Crippen molar-refractivity contribution in [2.75, 3.05) is 12.3 Å². The van der Waals surface area contributed by atoms with Crippen molar-refractivity contribution >= 4 is 11.6 Å². The van der Waals surface area contributed by atoms with E-state index in [2.05, 4.69) is 5.32 Å². The molecule has 5 heteroatoms. The summed E-state index contributed by atoms with van der Waals surface area (Å²) in [4.78, 5) is 11.8. The molecule has 19 heavy (non-hydrogen) atoms. The number of nitrogen functional groups attached to an aromatic ring is 1. The van der Waals surface area contributed by atoms with E-state index in [-0.39, 0.29) is 12.1 Å². The highest BCUT2D eigenvalue weighted by Gasteiger charge is 2.16. The summed E-state index contributed by atoms with van der Waals surface area (Å²) in [5.74, 6) is -0.806. The number of nitrogens with two attached hydrogens (primary N) is 1. The molecule has 0 aromatic heterocycles. The number of aliphatic hydroxyl groups is 1. The number of anilines is 1. The molecule has 4 nitrogen and oxygen atoms in total. The van der Waals surface area contributed by atoms with Crippen LogP contribution in [0.4, 0.5) is 10.1 Å². The van der Waals surface area contributed by atoms with Crippen molar-refractivity contribution < 1.29 is 14.3 Å². The van der Waals surface area contributed by atoms with Crippen molar-refractivity contribution in [3.63, 3.8) is 0 Å². The normalized spacial score (nSPS) is 12.5. The fourth-order valence-electron chi connectivity index (χ4n) is 1.90. The molecule has 106 valence electrons. The molecule has 1 unspecified atom stereocenters. The number of hydrogen-bond acceptors (Lipinski definition) is 3. The Kier molecular flexibility index (Phi) is 5.30. The van der Waals surface area contributed by atoms with Crippen LogP contribution in [0.3, 0.4) is 0 Å². The Balaban J connectivity index is 2.69. The Morgan fingerprint density at radius 2 is 2.11 bits per heavy atom. The van der Waals surface area contributed by atoms with Gasteiger partial charge in [-0.1, -0.05) is 13.8 Å². The lowest BCUT2D eigenvalue weighted by Crippen LogP contribution is -2.33. The van der Waals surface area contributed by atoms with Gasteiger partial charge in [-0.2, -0.15) is 0 Å². The van der Waals surface area contributed by atoms with E-state index < -0.39 is 17.8 Å². The highest BCUT2D eigenvalue weighted by Crippen LogP contribution is 2.17. The number of carbonyl (C=O) groups excluding carboxylic acids is 1. The summed E-state index contributed by atoms with van der Waals surface area (Å²) in [5, 5.41) is 12.2. The number of rotatable bonds is 5. The number of amides is 1. The molecule has 1 rings (SSSR count). The molecule has 0 aliphatic rings. The summed E-state index contributed by atoms with van der Waals surface area (Å²) in [5.41, 5.74) is 6.17. The minimum atomic E-state index is -0.630. The Morgan fingerprint density at radius 3 is 2.68 bits per heavy atom. The first-order chi connectivity index (χ1) is 8.81. The van der Waals surface area contributed by atoms with Gasteiger partial charge in [0.1, 0.15) is 5.82 Å². The molecule has 0 spiro atoms. The van der Waals surface area contributed by atoms with Gasteiger partial charge in [-0.05, 0) is 37.0 Å². The van der Waals surface area contributed by atoms with Crippen LogP contribution in [0.5, 0.6) is 0 Å². The predicted octanol–water partition coefficient (Wildman–Crippen LogP) is 1.85. The number of halogens is 1. The van der Waals surface area contributed by atoms with Gasteiger partial charge in [-0.15, -0.1) is 0 Å². The van der Waals surface area contributed by atoms with Crippen molar-refractivity contribution in [1.29, 1.82) is 0 Å². The third-order valence-electron chi connectivity index (χ3n) is 2.76. The Morgan fingerprint density at radius 1 is 1.47 bits per heavy atom. The lowest BCUT2D eigenvalue weighted by molar-refractivity contribution is 0.0896. The van der Waals surface area contributed by atoms with E-state index in [9.17, 15) is 14.3 Å². The van der Waals surface area contributed by atoms with Crippen LogP contribution in [-0.4, -0.2) is 23.7 Å². The van der Waals surface area contributed by atoms with Gasteiger partial charge in [0.2, 0.25) is 0 Å². The Labute approximate surface area is 112 Å². The maximum absolute atomic E-state index is 13.8. The molecular weight excluding hydrogens is 247 g/mol. The van der Waals surface area contributed by atoms with Crippen LogP contribution in [0, 0.1) is 18.7 Å². The van der Waals surface area contributed by atoms with Crippen LogP contribution < -0.4 is 11.1 Å². The standard InChI is InChI=1S/C14H21FN2O2/c1-8(2)4-11(18)7-17-14(19)12-6-10(16)5-9(3)13(12)15/h5-6,8,11,18H,4,7,16H2,1-3H3,(H,17,19). The van der Waals surface area contributed by atoms with Gasteiger partial charge < -0.3 is 16.2 Å². The number of aryl methyl sites for hydroxylation is 1. The third kappa shape index (κ3) is 4.52. The van der Waals surface area contributed by atoms with Crippen molar-refractivity contribution in [3.05, 3.63) is 29.1 Å². The van der Waals surface area contributed by atoms with E-state index in [1.807, 2.05) is 13.8 Å². The molecule has 0 fully saturated rings. The van der Waals surface area contributed by atoms with Crippen LogP contribution in [0.15, 0.2) is 12.1 Å². The topological polar surface area (TPSA) is 75.4 Å². The SMILES string of the molecule is Cc1cc(N)cc(C(=O)NCC(O)CC(C)C)c1F. The molecule has 4 N–H and O–H groups in total. The van der Waals surface area contributed by atoms with Crippen molar-refractivity contribution in [2.45, 2.75) is 33.3 Å². The Hall–Kier alpha value is -1.62. The van der Waals surface area contributed by atoms with Crippen LogP contribution >= 0.6 is 0 Å². The summed E-state index contributed by atoms with van der Waals surface area (Å²) in [6, 6.07) is 2.77. The summed E-state index contributed by atoms with van der Waals surface area (Å²) < 4.78 is 13.8. The summed E-state index contributed by atoms with van der Waals surface area (Å²) in [6.45, 7) is 5.61. The Bertz CT molecular complexity index is 461. The van der Waals surface area contributed by atoms with Crippen molar-refractivity contribution in [1.82, 2.24) is 5.32 Å². The second-order valence-electron chi connectivity index (χ2n) is 5.19. The maximum atomic E-state index is 13.8. The smallest absolute Gasteiger partial charge is 0.254 e. The molecular formula is C14H21FN2O2. The highest BCUT2D eigenvalue weighted by atomic mass is 19.1. The molecule has 1 aromatic carbocycles. The minimum Gasteiger partial charge on any atom is -0.399 e. The van der Waals surface area contributed by atoms with Gasteiger partial charge in [0, 0.05) is 12.2 Å². The molecule has 1 aromatic rings. The number of aliphatic hydroxyl groups excluding tert-OH is 1. The van der Waals surface area contributed by atoms with Crippen molar-refractivity contribution in [2.24, 2.45) is 5.92 Å². The van der Waals surface area contributed by atoms with Crippen molar-refractivity contribution in [3.8, 4) is 0 Å². The predicted molar refractivity (Wildman–Crippen MR) is 73.3 cm³/mol. The monoisotopic (exact) mass is 268 g/mol. The molecule has 0 aliphatic heterocycles. The molecule has 1 amide bonds. The third-order valence-corrected chi connectivity index (χ3v) is 2.76. The van der Waals surface area contributed by atoms with E-state index in [0.29, 0.717) is 23.6 Å². The quantitative estimate of drug-likeness (QED) is 0.713. The van der Waals surface area contributed by atoms with E-state index in [1.54, 1.807) is 6.92 Å². The average molecular weight is 268 g/mol. The van der Waals surface area contributed by atoms with Crippen LogP contribution in [-0.2, 0) is 0 Å². The minimum absolute atomic E-state index is 0.0887. The number of nitrogens with one attached hydrogen (secondary N) is 1. The van der Waals surface area contributed by atoms with Gasteiger partial charge >= 0.3 is 0 Å². The second kappa shape index (κ2) is 6.52. The molecule has 0 heterocycles. The van der Waals surface area contributed by atoms with Crippen LogP contribution in [0.1, 0.15) is 36.2 Å². The lowest BCUT2D eigenvalue weighted by Gasteiger charge is -2.14. The molecule has 0 saturated heterocycles. The molecule has 0 radical (unpaired) electrons. The van der Waals surface area contributed by atoms with Gasteiger partial charge in [-0.3, -0.25) is 4.79 Å².